The van der Waals surface area contributed by atoms with Crippen LogP contribution in [0.1, 0.15) is 11.4 Å². The Morgan fingerprint density at radius 3 is 2.81 bits per heavy atom. The molecule has 2 heterocycles. The van der Waals surface area contributed by atoms with Crippen LogP contribution in [0, 0.1) is 6.92 Å². The number of nitrogens with zero attached hydrogens (tertiary/aromatic N) is 3. The number of morpholine rings is 1. The molecule has 1 N–H and O–H groups in total. The summed E-state index contributed by atoms with van der Waals surface area (Å²) in [4.78, 5) is 24.5. The maximum atomic E-state index is 12.7. The molecule has 7 nitrogen and oxygen atoms in total. The fourth-order valence-corrected chi connectivity index (χ4v) is 4.31. The average molecular weight is 439 g/mol. The van der Waals surface area contributed by atoms with E-state index in [2.05, 4.69) is 10.2 Å². The van der Waals surface area contributed by atoms with E-state index < -0.39 is 0 Å². The Morgan fingerprint density at radius 1 is 1.19 bits per heavy atom. The highest BCUT2D eigenvalue weighted by Gasteiger charge is 2.16. The zero-order chi connectivity index (χ0) is 21.6. The lowest BCUT2D eigenvalue weighted by molar-refractivity contribution is -0.113. The number of hydrogen-bond donors (Lipinski definition) is 1. The molecule has 1 fully saturated rings. The van der Waals surface area contributed by atoms with Crippen LogP contribution >= 0.6 is 11.8 Å². The number of ether oxygens (including phenoxy) is 2. The van der Waals surface area contributed by atoms with Crippen molar-refractivity contribution >= 4 is 34.3 Å². The number of aryl methyl sites for hydroxylation is 1. The summed E-state index contributed by atoms with van der Waals surface area (Å²) in [5.74, 6) is 1.55. The molecule has 0 aliphatic carbocycles. The third-order valence-corrected chi connectivity index (χ3v) is 6.04. The number of thioether (sulfide) groups is 1. The summed E-state index contributed by atoms with van der Waals surface area (Å²) in [7, 11) is 1.60. The molecule has 31 heavy (non-hydrogen) atoms. The largest absolute Gasteiger partial charge is 0.495 e. The molecule has 0 atom stereocenters. The zero-order valence-corrected chi connectivity index (χ0v) is 18.6. The van der Waals surface area contributed by atoms with Crippen molar-refractivity contribution in [3.8, 4) is 5.75 Å². The molecule has 0 saturated carbocycles. The van der Waals surface area contributed by atoms with Crippen LogP contribution in [-0.4, -0.2) is 59.9 Å². The van der Waals surface area contributed by atoms with Crippen LogP contribution in [-0.2, 0) is 16.1 Å². The van der Waals surface area contributed by atoms with Crippen molar-refractivity contribution in [1.82, 2.24) is 14.9 Å². The van der Waals surface area contributed by atoms with E-state index >= 15 is 0 Å². The molecule has 4 rings (SSSR count). The molecule has 2 aromatic carbocycles. The van der Waals surface area contributed by atoms with Gasteiger partial charge < -0.3 is 14.8 Å². The Hall–Kier alpha value is -2.68. The molecule has 162 valence electrons. The predicted octanol–water partition coefficient (Wildman–Crippen LogP) is 3.51. The molecule has 0 spiro atoms. The third kappa shape index (κ3) is 5.52. The van der Waals surface area contributed by atoms with Crippen LogP contribution in [0.25, 0.3) is 10.9 Å². The van der Waals surface area contributed by atoms with Crippen LogP contribution < -0.4 is 10.1 Å². The Labute approximate surface area is 186 Å². The van der Waals surface area contributed by atoms with Crippen molar-refractivity contribution in [2.45, 2.75) is 18.5 Å². The summed E-state index contributed by atoms with van der Waals surface area (Å²) in [5, 5.41) is 4.73. The third-order valence-electron chi connectivity index (χ3n) is 5.05. The van der Waals surface area contributed by atoms with Gasteiger partial charge in [0.2, 0.25) is 5.91 Å². The van der Waals surface area contributed by atoms with Crippen molar-refractivity contribution < 1.29 is 14.3 Å². The van der Waals surface area contributed by atoms with E-state index in [0.717, 1.165) is 53.6 Å². The van der Waals surface area contributed by atoms with Gasteiger partial charge in [0.15, 0.2) is 0 Å². The van der Waals surface area contributed by atoms with Gasteiger partial charge in [0, 0.05) is 18.5 Å². The molecule has 1 amide bonds. The summed E-state index contributed by atoms with van der Waals surface area (Å²) in [6.45, 7) is 5.87. The Bertz CT molecular complexity index is 1070. The van der Waals surface area contributed by atoms with Gasteiger partial charge in [0.25, 0.3) is 0 Å². The van der Waals surface area contributed by atoms with Crippen molar-refractivity contribution in [1.29, 1.82) is 0 Å². The average Bonchev–Trinajstić information content (AvgIpc) is 2.78. The smallest absolute Gasteiger partial charge is 0.234 e. The lowest BCUT2D eigenvalue weighted by atomic mass is 10.2. The maximum absolute atomic E-state index is 12.7. The lowest BCUT2D eigenvalue weighted by Gasteiger charge is -2.25. The minimum atomic E-state index is -0.105. The first kappa shape index (κ1) is 21.5. The van der Waals surface area contributed by atoms with Gasteiger partial charge in [0.05, 0.1) is 43.8 Å². The highest BCUT2D eigenvalue weighted by atomic mass is 32.2. The van der Waals surface area contributed by atoms with Crippen LogP contribution in [0.15, 0.2) is 47.5 Å². The molecule has 1 saturated heterocycles. The predicted molar refractivity (Wildman–Crippen MR) is 123 cm³/mol. The Kier molecular flexibility index (Phi) is 7.01. The van der Waals surface area contributed by atoms with E-state index in [1.54, 1.807) is 7.11 Å². The first-order valence-corrected chi connectivity index (χ1v) is 11.2. The first-order valence-electron chi connectivity index (χ1n) is 10.3. The second-order valence-electron chi connectivity index (χ2n) is 7.39. The van der Waals surface area contributed by atoms with E-state index in [1.165, 1.54) is 11.8 Å². The number of methoxy groups -OCH3 is 1. The SMILES string of the molecule is COc1ccc(C)cc1NC(=O)CSc1nc(CN2CCOCC2)nc2ccccc12. The minimum absolute atomic E-state index is 0.105. The summed E-state index contributed by atoms with van der Waals surface area (Å²) in [6, 6.07) is 13.6. The van der Waals surface area contributed by atoms with Gasteiger partial charge in [-0.2, -0.15) is 0 Å². The summed E-state index contributed by atoms with van der Waals surface area (Å²) >= 11 is 1.42. The quantitative estimate of drug-likeness (QED) is 0.447. The standard InChI is InChI=1S/C23H26N4O3S/c1-16-7-8-20(29-2)19(13-16)25-22(28)15-31-23-17-5-3-4-6-18(17)24-21(26-23)14-27-9-11-30-12-10-27/h3-8,13H,9-12,14-15H2,1-2H3,(H,25,28). The number of fused-ring (bicyclic) bond motifs is 1. The minimum Gasteiger partial charge on any atom is -0.495 e. The van der Waals surface area contributed by atoms with E-state index in [9.17, 15) is 4.79 Å². The van der Waals surface area contributed by atoms with Crippen LogP contribution in [0.5, 0.6) is 5.75 Å². The van der Waals surface area contributed by atoms with Gasteiger partial charge in [-0.1, -0.05) is 36.0 Å². The molecule has 0 radical (unpaired) electrons. The van der Waals surface area contributed by atoms with Gasteiger partial charge in [-0.25, -0.2) is 9.97 Å². The first-order chi connectivity index (χ1) is 15.1. The fourth-order valence-electron chi connectivity index (χ4n) is 3.47. The molecule has 1 aliphatic rings. The Balaban J connectivity index is 1.49. The molecule has 8 heteroatoms. The highest BCUT2D eigenvalue weighted by molar-refractivity contribution is 8.00. The molecule has 1 aliphatic heterocycles. The topological polar surface area (TPSA) is 76.6 Å². The second kappa shape index (κ2) is 10.1. The van der Waals surface area contributed by atoms with E-state index in [1.807, 2.05) is 49.4 Å². The van der Waals surface area contributed by atoms with Gasteiger partial charge >= 0.3 is 0 Å². The Morgan fingerprint density at radius 2 is 2.00 bits per heavy atom. The van der Waals surface area contributed by atoms with Crippen molar-refractivity contribution in [2.24, 2.45) is 0 Å². The zero-order valence-electron chi connectivity index (χ0n) is 17.8. The van der Waals surface area contributed by atoms with Crippen LogP contribution in [0.4, 0.5) is 5.69 Å². The number of benzene rings is 2. The molecular formula is C23H26N4O3S. The molecule has 1 aromatic heterocycles. The normalized spacial score (nSPS) is 14.5. The number of carbonyl (C=O) groups is 1. The number of nitrogens with one attached hydrogen (secondary N) is 1. The summed E-state index contributed by atoms with van der Waals surface area (Å²) < 4.78 is 10.8. The van der Waals surface area contributed by atoms with Gasteiger partial charge in [-0.3, -0.25) is 9.69 Å². The van der Waals surface area contributed by atoms with Gasteiger partial charge in [0.1, 0.15) is 16.6 Å². The molecule has 0 unspecified atom stereocenters. The fraction of sp³-hybridized carbons (Fsp3) is 0.348. The number of rotatable bonds is 7. The highest BCUT2D eigenvalue weighted by Crippen LogP contribution is 2.28. The van der Waals surface area contributed by atoms with E-state index in [4.69, 9.17) is 19.4 Å². The second-order valence-corrected chi connectivity index (χ2v) is 8.36. The van der Waals surface area contributed by atoms with Crippen LogP contribution in [0.2, 0.25) is 0 Å². The lowest BCUT2D eigenvalue weighted by Crippen LogP contribution is -2.36. The van der Waals surface area contributed by atoms with E-state index in [0.29, 0.717) is 18.0 Å². The van der Waals surface area contributed by atoms with Crippen molar-refractivity contribution in [2.75, 3.05) is 44.5 Å². The number of hydrogen-bond acceptors (Lipinski definition) is 7. The number of amides is 1. The molecule has 3 aromatic rings. The number of para-hydroxylation sites is 1. The van der Waals surface area contributed by atoms with Crippen LogP contribution in [0.3, 0.4) is 0 Å². The van der Waals surface area contributed by atoms with E-state index in [-0.39, 0.29) is 11.7 Å². The maximum Gasteiger partial charge on any atom is 0.234 e. The number of carbonyl (C=O) groups excluding carboxylic acids is 1. The summed E-state index contributed by atoms with van der Waals surface area (Å²) in [5.41, 5.74) is 2.62. The number of anilines is 1. The van der Waals surface area contributed by atoms with Crippen molar-refractivity contribution in [3.05, 3.63) is 53.9 Å². The van der Waals surface area contributed by atoms with Gasteiger partial charge in [-0.15, -0.1) is 0 Å². The van der Waals surface area contributed by atoms with Crippen molar-refractivity contribution in [3.63, 3.8) is 0 Å². The molecule has 0 bridgehead atoms. The molecular weight excluding hydrogens is 412 g/mol. The summed E-state index contributed by atoms with van der Waals surface area (Å²) in [6.07, 6.45) is 0. The number of aromatic nitrogens is 2. The van der Waals surface area contributed by atoms with Gasteiger partial charge in [-0.05, 0) is 30.7 Å². The monoisotopic (exact) mass is 438 g/mol.